The molecule has 0 unspecified atom stereocenters. The zero-order chi connectivity index (χ0) is 12.1. The highest BCUT2D eigenvalue weighted by atomic mass is 14.9. The molecule has 1 fully saturated rings. The number of aryl methyl sites for hydroxylation is 1. The fraction of sp³-hybridized carbons (Fsp3) is 0.600. The highest BCUT2D eigenvalue weighted by Crippen LogP contribution is 2.26. The predicted molar refractivity (Wildman–Crippen MR) is 75.3 cm³/mol. The lowest BCUT2D eigenvalue weighted by molar-refractivity contribution is 0.345. The second-order valence-electron chi connectivity index (χ2n) is 5.31. The molecule has 1 aliphatic carbocycles. The number of hydrogen-bond acceptors (Lipinski definition) is 2. The largest absolute Gasteiger partial charge is 0.397 e. The quantitative estimate of drug-likeness (QED) is 0.771. The highest BCUT2D eigenvalue weighted by molar-refractivity contribution is 5.66. The molecule has 0 atom stereocenters. The van der Waals surface area contributed by atoms with Crippen LogP contribution in [-0.2, 0) is 0 Å². The van der Waals surface area contributed by atoms with Crippen molar-refractivity contribution in [1.29, 1.82) is 0 Å². The highest BCUT2D eigenvalue weighted by Gasteiger charge is 2.12. The first kappa shape index (κ1) is 12.3. The SMILES string of the molecule is Cc1ccc(NCCC2CCCCC2)c(N)c1. The fourth-order valence-electron chi connectivity index (χ4n) is 2.73. The lowest BCUT2D eigenvalue weighted by Gasteiger charge is -2.21. The van der Waals surface area contributed by atoms with Gasteiger partial charge in [-0.05, 0) is 37.0 Å². The van der Waals surface area contributed by atoms with Crippen LogP contribution in [0, 0.1) is 12.8 Å². The number of nitrogens with one attached hydrogen (secondary N) is 1. The molecule has 94 valence electrons. The van der Waals surface area contributed by atoms with Crippen molar-refractivity contribution in [3.63, 3.8) is 0 Å². The van der Waals surface area contributed by atoms with Crippen molar-refractivity contribution in [1.82, 2.24) is 0 Å². The van der Waals surface area contributed by atoms with Crippen LogP contribution in [0.4, 0.5) is 11.4 Å². The molecule has 2 rings (SSSR count). The van der Waals surface area contributed by atoms with E-state index < -0.39 is 0 Å². The third kappa shape index (κ3) is 3.65. The summed E-state index contributed by atoms with van der Waals surface area (Å²) in [5.74, 6) is 0.933. The zero-order valence-electron chi connectivity index (χ0n) is 10.8. The van der Waals surface area contributed by atoms with Gasteiger partial charge >= 0.3 is 0 Å². The maximum Gasteiger partial charge on any atom is 0.0574 e. The summed E-state index contributed by atoms with van der Waals surface area (Å²) in [7, 11) is 0. The lowest BCUT2D eigenvalue weighted by atomic mass is 9.87. The van der Waals surface area contributed by atoms with Gasteiger partial charge in [0.25, 0.3) is 0 Å². The van der Waals surface area contributed by atoms with Gasteiger partial charge in [-0.2, -0.15) is 0 Å². The summed E-state index contributed by atoms with van der Waals surface area (Å²) in [4.78, 5) is 0. The molecule has 2 nitrogen and oxygen atoms in total. The number of hydrogen-bond donors (Lipinski definition) is 2. The van der Waals surface area contributed by atoms with Gasteiger partial charge in [0.2, 0.25) is 0 Å². The Labute approximate surface area is 105 Å². The second-order valence-corrected chi connectivity index (χ2v) is 5.31. The van der Waals surface area contributed by atoms with Gasteiger partial charge in [-0.15, -0.1) is 0 Å². The zero-order valence-corrected chi connectivity index (χ0v) is 10.8. The number of rotatable bonds is 4. The monoisotopic (exact) mass is 232 g/mol. The first-order valence-electron chi connectivity index (χ1n) is 6.86. The molecule has 0 bridgehead atoms. The van der Waals surface area contributed by atoms with Crippen LogP contribution in [0.15, 0.2) is 18.2 Å². The molecule has 0 heterocycles. The Kier molecular flexibility index (Phi) is 4.29. The molecule has 0 spiro atoms. The topological polar surface area (TPSA) is 38.0 Å². The molecule has 0 saturated heterocycles. The fourth-order valence-corrected chi connectivity index (χ4v) is 2.73. The maximum atomic E-state index is 5.98. The summed E-state index contributed by atoms with van der Waals surface area (Å²) in [6, 6.07) is 6.23. The van der Waals surface area contributed by atoms with Gasteiger partial charge in [0, 0.05) is 6.54 Å². The predicted octanol–water partition coefficient (Wildman–Crippen LogP) is 3.96. The second kappa shape index (κ2) is 5.95. The van der Waals surface area contributed by atoms with Crippen molar-refractivity contribution < 1.29 is 0 Å². The molecule has 2 heteroatoms. The maximum absolute atomic E-state index is 5.98. The van der Waals surface area contributed by atoms with E-state index >= 15 is 0 Å². The molecule has 0 aromatic heterocycles. The van der Waals surface area contributed by atoms with Crippen molar-refractivity contribution >= 4 is 11.4 Å². The summed E-state index contributed by atoms with van der Waals surface area (Å²) < 4.78 is 0. The van der Waals surface area contributed by atoms with E-state index in [1.54, 1.807) is 0 Å². The Morgan fingerprint density at radius 3 is 2.71 bits per heavy atom. The van der Waals surface area contributed by atoms with Gasteiger partial charge in [0.05, 0.1) is 11.4 Å². The van der Waals surface area contributed by atoms with E-state index in [0.717, 1.165) is 23.8 Å². The molecule has 0 radical (unpaired) electrons. The Balaban J connectivity index is 1.77. The van der Waals surface area contributed by atoms with Gasteiger partial charge in [-0.1, -0.05) is 38.2 Å². The Morgan fingerprint density at radius 1 is 1.24 bits per heavy atom. The van der Waals surface area contributed by atoms with Gasteiger partial charge < -0.3 is 11.1 Å². The van der Waals surface area contributed by atoms with E-state index in [2.05, 4.69) is 24.4 Å². The number of benzene rings is 1. The van der Waals surface area contributed by atoms with Crippen molar-refractivity contribution in [2.24, 2.45) is 5.92 Å². The summed E-state index contributed by atoms with van der Waals surface area (Å²) in [5, 5.41) is 3.46. The molecule has 1 aliphatic rings. The third-order valence-corrected chi connectivity index (χ3v) is 3.80. The van der Waals surface area contributed by atoms with Gasteiger partial charge in [0.15, 0.2) is 0 Å². The summed E-state index contributed by atoms with van der Waals surface area (Å²) in [5.41, 5.74) is 9.16. The Hall–Kier alpha value is -1.18. The average Bonchev–Trinajstić information content (AvgIpc) is 2.33. The molecule has 0 aliphatic heterocycles. The number of nitrogens with two attached hydrogens (primary N) is 1. The molecule has 1 saturated carbocycles. The van der Waals surface area contributed by atoms with E-state index in [-0.39, 0.29) is 0 Å². The van der Waals surface area contributed by atoms with Crippen molar-refractivity contribution in [3.8, 4) is 0 Å². The Bertz CT molecular complexity index is 354. The summed E-state index contributed by atoms with van der Waals surface area (Å²) >= 11 is 0. The van der Waals surface area contributed by atoms with Crippen LogP contribution >= 0.6 is 0 Å². The minimum Gasteiger partial charge on any atom is -0.397 e. The average molecular weight is 232 g/mol. The van der Waals surface area contributed by atoms with Crippen LogP contribution in [0.2, 0.25) is 0 Å². The number of nitrogen functional groups attached to an aromatic ring is 1. The first-order valence-corrected chi connectivity index (χ1v) is 6.86. The molecule has 1 aromatic carbocycles. The minimum atomic E-state index is 0.869. The van der Waals surface area contributed by atoms with Crippen molar-refractivity contribution in [2.45, 2.75) is 45.4 Å². The van der Waals surface area contributed by atoms with Crippen LogP contribution in [0.3, 0.4) is 0 Å². The Morgan fingerprint density at radius 2 is 2.00 bits per heavy atom. The van der Waals surface area contributed by atoms with Crippen LogP contribution in [0.25, 0.3) is 0 Å². The standard InChI is InChI=1S/C15H24N2/c1-12-7-8-15(14(16)11-12)17-10-9-13-5-3-2-4-6-13/h7-8,11,13,17H,2-6,9-10,16H2,1H3. The normalized spacial score (nSPS) is 17.0. The van der Waals surface area contributed by atoms with Gasteiger partial charge in [0.1, 0.15) is 0 Å². The molecular formula is C15H24N2. The van der Waals surface area contributed by atoms with E-state index in [1.807, 2.05) is 6.07 Å². The molecular weight excluding hydrogens is 208 g/mol. The molecule has 0 amide bonds. The van der Waals surface area contributed by atoms with E-state index in [1.165, 1.54) is 44.1 Å². The van der Waals surface area contributed by atoms with Gasteiger partial charge in [-0.3, -0.25) is 0 Å². The van der Waals surface area contributed by atoms with Crippen LogP contribution < -0.4 is 11.1 Å². The minimum absolute atomic E-state index is 0.869. The van der Waals surface area contributed by atoms with Gasteiger partial charge in [-0.25, -0.2) is 0 Å². The molecule has 3 N–H and O–H groups in total. The first-order chi connectivity index (χ1) is 8.25. The molecule has 17 heavy (non-hydrogen) atoms. The van der Waals surface area contributed by atoms with Crippen LogP contribution in [-0.4, -0.2) is 6.54 Å². The lowest BCUT2D eigenvalue weighted by Crippen LogP contribution is -2.12. The van der Waals surface area contributed by atoms with Crippen molar-refractivity contribution in [3.05, 3.63) is 23.8 Å². The summed E-state index contributed by atoms with van der Waals surface area (Å²) in [6.07, 6.45) is 8.42. The van der Waals surface area contributed by atoms with Crippen molar-refractivity contribution in [2.75, 3.05) is 17.6 Å². The van der Waals surface area contributed by atoms with E-state index in [4.69, 9.17) is 5.73 Å². The molecule has 1 aromatic rings. The van der Waals surface area contributed by atoms with Crippen LogP contribution in [0.5, 0.6) is 0 Å². The van der Waals surface area contributed by atoms with E-state index in [9.17, 15) is 0 Å². The van der Waals surface area contributed by atoms with E-state index in [0.29, 0.717) is 0 Å². The smallest absolute Gasteiger partial charge is 0.0574 e. The number of anilines is 2. The third-order valence-electron chi connectivity index (χ3n) is 3.80. The summed E-state index contributed by atoms with van der Waals surface area (Å²) in [6.45, 7) is 3.13. The van der Waals surface area contributed by atoms with Crippen LogP contribution in [0.1, 0.15) is 44.1 Å².